The molecule has 0 aliphatic heterocycles. The van der Waals surface area contributed by atoms with Gasteiger partial charge in [0.05, 0.1) is 0 Å². The highest BCUT2D eigenvalue weighted by Gasteiger charge is 1.98. The lowest BCUT2D eigenvalue weighted by Crippen LogP contribution is -2.02. The minimum atomic E-state index is 1.32. The summed E-state index contributed by atoms with van der Waals surface area (Å²) in [6.07, 6.45) is 0. The van der Waals surface area contributed by atoms with Gasteiger partial charge in [0.15, 0.2) is 0 Å². The number of fused-ring (bicyclic) bond motifs is 2. The SMILES string of the molecule is Bc1cccc2cc3ccccc3cc12. The van der Waals surface area contributed by atoms with E-state index in [0.717, 1.165) is 0 Å². The van der Waals surface area contributed by atoms with Crippen molar-refractivity contribution in [3.05, 3.63) is 54.6 Å². The van der Waals surface area contributed by atoms with Crippen LogP contribution in [-0.4, -0.2) is 7.85 Å². The molecule has 0 saturated carbocycles. The van der Waals surface area contributed by atoms with Gasteiger partial charge < -0.3 is 0 Å². The molecule has 70 valence electrons. The highest BCUT2D eigenvalue weighted by molar-refractivity contribution is 6.39. The van der Waals surface area contributed by atoms with E-state index in [1.54, 1.807) is 0 Å². The predicted molar refractivity (Wildman–Crippen MR) is 69.6 cm³/mol. The molecule has 0 saturated heterocycles. The zero-order chi connectivity index (χ0) is 10.3. The van der Waals surface area contributed by atoms with Gasteiger partial charge in [0.1, 0.15) is 7.85 Å². The maximum Gasteiger partial charge on any atom is 0.140 e. The summed E-state index contributed by atoms with van der Waals surface area (Å²) < 4.78 is 0. The van der Waals surface area contributed by atoms with Crippen LogP contribution in [0.15, 0.2) is 54.6 Å². The third-order valence-corrected chi connectivity index (χ3v) is 2.96. The Kier molecular flexibility index (Phi) is 1.78. The lowest BCUT2D eigenvalue weighted by molar-refractivity contribution is 1.79. The van der Waals surface area contributed by atoms with Crippen LogP contribution in [0.1, 0.15) is 0 Å². The summed E-state index contributed by atoms with van der Waals surface area (Å²) in [6.45, 7) is 0. The van der Waals surface area contributed by atoms with Crippen molar-refractivity contribution in [3.8, 4) is 0 Å². The maximum absolute atomic E-state index is 2.28. The standard InChI is InChI=1S/C14H11B/c15-14-7-3-6-12-8-10-4-1-2-5-11(10)9-13(12)14/h1-9H,15H2. The van der Waals surface area contributed by atoms with Gasteiger partial charge in [-0.05, 0) is 33.7 Å². The number of benzene rings is 3. The summed E-state index contributed by atoms with van der Waals surface area (Å²) in [4.78, 5) is 0. The Morgan fingerprint density at radius 3 is 2.13 bits per heavy atom. The van der Waals surface area contributed by atoms with Gasteiger partial charge in [0.25, 0.3) is 0 Å². The molecule has 0 unspecified atom stereocenters. The molecule has 0 bridgehead atoms. The summed E-state index contributed by atoms with van der Waals surface area (Å²) in [7, 11) is 2.16. The summed E-state index contributed by atoms with van der Waals surface area (Å²) in [5, 5.41) is 5.32. The largest absolute Gasteiger partial charge is 0.140 e. The quantitative estimate of drug-likeness (QED) is 0.376. The van der Waals surface area contributed by atoms with Crippen molar-refractivity contribution in [2.24, 2.45) is 0 Å². The molecule has 0 heterocycles. The zero-order valence-corrected chi connectivity index (χ0v) is 8.70. The summed E-state index contributed by atoms with van der Waals surface area (Å²) in [5.74, 6) is 0. The van der Waals surface area contributed by atoms with Crippen molar-refractivity contribution in [1.82, 2.24) is 0 Å². The Bertz CT molecular complexity index is 641. The highest BCUT2D eigenvalue weighted by atomic mass is 14.0. The molecule has 0 N–H and O–H groups in total. The number of rotatable bonds is 0. The fourth-order valence-electron chi connectivity index (χ4n) is 2.12. The van der Waals surface area contributed by atoms with Crippen LogP contribution in [-0.2, 0) is 0 Å². The van der Waals surface area contributed by atoms with Crippen LogP contribution in [0.25, 0.3) is 21.5 Å². The van der Waals surface area contributed by atoms with Gasteiger partial charge in [-0.3, -0.25) is 0 Å². The van der Waals surface area contributed by atoms with E-state index >= 15 is 0 Å². The lowest BCUT2D eigenvalue weighted by Gasteiger charge is -2.04. The molecule has 3 aromatic carbocycles. The van der Waals surface area contributed by atoms with Crippen LogP contribution in [0.5, 0.6) is 0 Å². The molecular formula is C14H11B. The average Bonchev–Trinajstić information content (AvgIpc) is 2.27. The van der Waals surface area contributed by atoms with Gasteiger partial charge in [-0.25, -0.2) is 0 Å². The lowest BCUT2D eigenvalue weighted by atomic mass is 9.89. The van der Waals surface area contributed by atoms with E-state index in [4.69, 9.17) is 0 Å². The monoisotopic (exact) mass is 190 g/mol. The Morgan fingerprint density at radius 1 is 0.667 bits per heavy atom. The van der Waals surface area contributed by atoms with Crippen molar-refractivity contribution >= 4 is 34.9 Å². The van der Waals surface area contributed by atoms with Crippen LogP contribution in [0, 0.1) is 0 Å². The second-order valence-electron chi connectivity index (χ2n) is 4.00. The second kappa shape index (κ2) is 3.13. The summed E-state index contributed by atoms with van der Waals surface area (Å²) >= 11 is 0. The van der Waals surface area contributed by atoms with E-state index < -0.39 is 0 Å². The molecule has 0 amide bonds. The fraction of sp³-hybridized carbons (Fsp3) is 0. The van der Waals surface area contributed by atoms with Crippen molar-refractivity contribution < 1.29 is 0 Å². The van der Waals surface area contributed by atoms with E-state index in [1.807, 2.05) is 0 Å². The van der Waals surface area contributed by atoms with Crippen LogP contribution in [0.3, 0.4) is 0 Å². The molecule has 0 atom stereocenters. The van der Waals surface area contributed by atoms with Gasteiger partial charge >= 0.3 is 0 Å². The maximum atomic E-state index is 2.28. The van der Waals surface area contributed by atoms with Gasteiger partial charge in [-0.1, -0.05) is 47.9 Å². The molecule has 0 radical (unpaired) electrons. The Balaban J connectivity index is 2.53. The topological polar surface area (TPSA) is 0 Å². The molecule has 0 aliphatic rings. The van der Waals surface area contributed by atoms with Crippen molar-refractivity contribution in [3.63, 3.8) is 0 Å². The molecule has 0 spiro atoms. The predicted octanol–water partition coefficient (Wildman–Crippen LogP) is 2.25. The molecule has 3 rings (SSSR count). The van der Waals surface area contributed by atoms with E-state index in [9.17, 15) is 0 Å². The molecule has 0 nitrogen and oxygen atoms in total. The van der Waals surface area contributed by atoms with Crippen LogP contribution in [0.2, 0.25) is 0 Å². The van der Waals surface area contributed by atoms with Crippen LogP contribution >= 0.6 is 0 Å². The zero-order valence-electron chi connectivity index (χ0n) is 8.70. The first kappa shape index (κ1) is 8.54. The molecule has 1 heteroatoms. The Morgan fingerprint density at radius 2 is 1.33 bits per heavy atom. The first-order valence-corrected chi connectivity index (χ1v) is 5.23. The van der Waals surface area contributed by atoms with Crippen molar-refractivity contribution in [2.45, 2.75) is 0 Å². The number of hydrogen-bond donors (Lipinski definition) is 0. The molecule has 3 aromatic rings. The molecule has 0 aromatic heterocycles. The van der Waals surface area contributed by atoms with E-state index in [1.165, 1.54) is 27.0 Å². The van der Waals surface area contributed by atoms with E-state index in [0.29, 0.717) is 0 Å². The van der Waals surface area contributed by atoms with Crippen LogP contribution in [0.4, 0.5) is 0 Å². The third kappa shape index (κ3) is 1.32. The van der Waals surface area contributed by atoms with Gasteiger partial charge in [-0.15, -0.1) is 0 Å². The minimum Gasteiger partial charge on any atom is -0.0813 e. The first-order chi connectivity index (χ1) is 7.34. The second-order valence-corrected chi connectivity index (χ2v) is 4.00. The average molecular weight is 190 g/mol. The minimum absolute atomic E-state index is 1.32. The third-order valence-electron chi connectivity index (χ3n) is 2.96. The Labute approximate surface area is 89.9 Å². The fourth-order valence-corrected chi connectivity index (χ4v) is 2.12. The molecule has 0 aliphatic carbocycles. The van der Waals surface area contributed by atoms with Gasteiger partial charge in [-0.2, -0.15) is 0 Å². The van der Waals surface area contributed by atoms with E-state index in [-0.39, 0.29) is 0 Å². The highest BCUT2D eigenvalue weighted by Crippen LogP contribution is 2.20. The Hall–Kier alpha value is -1.76. The molecule has 15 heavy (non-hydrogen) atoms. The van der Waals surface area contributed by atoms with Crippen LogP contribution < -0.4 is 5.46 Å². The summed E-state index contributed by atoms with van der Waals surface area (Å²) in [5.41, 5.74) is 1.35. The first-order valence-electron chi connectivity index (χ1n) is 5.23. The van der Waals surface area contributed by atoms with Crippen molar-refractivity contribution in [1.29, 1.82) is 0 Å². The molecular weight excluding hydrogens is 179 g/mol. The van der Waals surface area contributed by atoms with Gasteiger partial charge in [0, 0.05) is 0 Å². The van der Waals surface area contributed by atoms with Crippen molar-refractivity contribution in [2.75, 3.05) is 0 Å². The number of hydrogen-bond acceptors (Lipinski definition) is 0. The summed E-state index contributed by atoms with van der Waals surface area (Å²) in [6, 6.07) is 19.5. The smallest absolute Gasteiger partial charge is 0.0813 e. The van der Waals surface area contributed by atoms with E-state index in [2.05, 4.69) is 62.4 Å². The van der Waals surface area contributed by atoms with Gasteiger partial charge in [0.2, 0.25) is 0 Å². The normalized spacial score (nSPS) is 10.9. The molecule has 0 fully saturated rings.